The molecule has 5 nitrogen and oxygen atoms in total. The van der Waals surface area contributed by atoms with Crippen LogP contribution in [-0.4, -0.2) is 49.6 Å². The van der Waals surface area contributed by atoms with Crippen LogP contribution in [0.3, 0.4) is 0 Å². The lowest BCUT2D eigenvalue weighted by molar-refractivity contribution is 0.0980. The summed E-state index contributed by atoms with van der Waals surface area (Å²) < 4.78 is 28.0. The Hall–Kier alpha value is -0.850. The minimum Gasteiger partial charge on any atom is -0.467 e. The van der Waals surface area contributed by atoms with Crippen molar-refractivity contribution in [1.29, 1.82) is 0 Å². The normalized spacial score (nSPS) is 23.3. The predicted molar refractivity (Wildman–Crippen MR) is 81.8 cm³/mol. The molecular formula is C15H25NO4S. The molecule has 0 saturated carbocycles. The second-order valence-corrected chi connectivity index (χ2v) is 8.44. The van der Waals surface area contributed by atoms with Crippen LogP contribution >= 0.6 is 0 Å². The Balaban J connectivity index is 1.88. The van der Waals surface area contributed by atoms with Gasteiger partial charge in [-0.05, 0) is 43.9 Å². The summed E-state index contributed by atoms with van der Waals surface area (Å²) in [6, 6.07) is 3.86. The van der Waals surface area contributed by atoms with Gasteiger partial charge in [0.05, 0.1) is 12.0 Å². The van der Waals surface area contributed by atoms with Gasteiger partial charge in [0.15, 0.2) is 0 Å². The minimum atomic E-state index is -2.93. The monoisotopic (exact) mass is 315 g/mol. The highest BCUT2D eigenvalue weighted by Gasteiger charge is 2.29. The average molecular weight is 315 g/mol. The van der Waals surface area contributed by atoms with E-state index in [0.29, 0.717) is 18.2 Å². The van der Waals surface area contributed by atoms with Crippen LogP contribution < -0.4 is 0 Å². The summed E-state index contributed by atoms with van der Waals surface area (Å²) in [6.45, 7) is 3.71. The van der Waals surface area contributed by atoms with Gasteiger partial charge in [-0.1, -0.05) is 6.92 Å². The van der Waals surface area contributed by atoms with Crippen molar-refractivity contribution in [3.05, 3.63) is 24.2 Å². The lowest BCUT2D eigenvalue weighted by Gasteiger charge is -2.28. The highest BCUT2D eigenvalue weighted by Crippen LogP contribution is 2.28. The molecule has 1 aromatic rings. The Morgan fingerprint density at radius 1 is 1.52 bits per heavy atom. The van der Waals surface area contributed by atoms with E-state index in [-0.39, 0.29) is 11.7 Å². The van der Waals surface area contributed by atoms with E-state index in [1.807, 2.05) is 6.92 Å². The van der Waals surface area contributed by atoms with Crippen molar-refractivity contribution in [3.8, 4) is 0 Å². The molecule has 120 valence electrons. The molecule has 0 aliphatic carbocycles. The maximum Gasteiger partial charge on any atom is 0.147 e. The van der Waals surface area contributed by atoms with E-state index in [0.717, 1.165) is 25.9 Å². The number of aliphatic hydroxyl groups is 1. The lowest BCUT2D eigenvalue weighted by atomic mass is 10.0. The lowest BCUT2D eigenvalue weighted by Crippen LogP contribution is -2.36. The molecular weight excluding hydrogens is 290 g/mol. The van der Waals surface area contributed by atoms with Gasteiger partial charge >= 0.3 is 0 Å². The van der Waals surface area contributed by atoms with Gasteiger partial charge in [-0.2, -0.15) is 0 Å². The van der Waals surface area contributed by atoms with E-state index in [4.69, 9.17) is 4.42 Å². The summed E-state index contributed by atoms with van der Waals surface area (Å²) in [5.41, 5.74) is 0. The molecule has 6 heteroatoms. The van der Waals surface area contributed by atoms with E-state index in [2.05, 4.69) is 4.90 Å². The summed E-state index contributed by atoms with van der Waals surface area (Å²) in [7, 11) is -2.93. The van der Waals surface area contributed by atoms with Crippen LogP contribution in [0.15, 0.2) is 22.8 Å². The fourth-order valence-electron chi connectivity index (χ4n) is 3.23. The topological polar surface area (TPSA) is 70.8 Å². The van der Waals surface area contributed by atoms with Gasteiger partial charge in [-0.3, -0.25) is 4.90 Å². The highest BCUT2D eigenvalue weighted by atomic mass is 32.2. The number of nitrogens with zero attached hydrogens (tertiary/aromatic N) is 1. The first kappa shape index (κ1) is 16.5. The van der Waals surface area contributed by atoms with E-state index in [1.165, 1.54) is 6.26 Å². The molecule has 2 rings (SSSR count). The standard InChI is InChI=1S/C15H25NO4S/c1-12(11-21(2,18)19)10-16-7-3-5-13(16)9-14(17)15-6-4-8-20-15/h4,6,8,12-14,17H,3,5,7,9-11H2,1-2H3. The average Bonchev–Trinajstić information content (AvgIpc) is 2.98. The first-order valence-corrected chi connectivity index (χ1v) is 9.54. The first-order chi connectivity index (χ1) is 9.85. The predicted octanol–water partition coefficient (Wildman–Crippen LogP) is 1.85. The van der Waals surface area contributed by atoms with Crippen LogP contribution in [0.25, 0.3) is 0 Å². The van der Waals surface area contributed by atoms with Gasteiger partial charge in [0.25, 0.3) is 0 Å². The van der Waals surface area contributed by atoms with Crippen molar-refractivity contribution in [3.63, 3.8) is 0 Å². The molecule has 3 unspecified atom stereocenters. The van der Waals surface area contributed by atoms with E-state index >= 15 is 0 Å². The van der Waals surface area contributed by atoms with Crippen molar-refractivity contribution in [2.45, 2.75) is 38.3 Å². The van der Waals surface area contributed by atoms with Crippen LogP contribution in [0, 0.1) is 5.92 Å². The van der Waals surface area contributed by atoms with Gasteiger partial charge in [-0.25, -0.2) is 8.42 Å². The zero-order valence-corrected chi connectivity index (χ0v) is 13.6. The van der Waals surface area contributed by atoms with E-state index in [9.17, 15) is 13.5 Å². The van der Waals surface area contributed by atoms with Crippen LogP contribution in [0.5, 0.6) is 0 Å². The van der Waals surface area contributed by atoms with Crippen LogP contribution in [0.1, 0.15) is 38.1 Å². The van der Waals surface area contributed by atoms with Crippen molar-refractivity contribution >= 4 is 9.84 Å². The highest BCUT2D eigenvalue weighted by molar-refractivity contribution is 7.90. The Bertz CT molecular complexity index is 526. The molecule has 0 amide bonds. The number of sulfone groups is 1. The molecule has 3 atom stereocenters. The van der Waals surface area contributed by atoms with Crippen molar-refractivity contribution in [1.82, 2.24) is 4.90 Å². The smallest absolute Gasteiger partial charge is 0.147 e. The van der Waals surface area contributed by atoms with E-state index in [1.54, 1.807) is 18.4 Å². The number of furan rings is 1. The summed E-state index contributed by atoms with van der Waals surface area (Å²) >= 11 is 0. The number of likely N-dealkylation sites (tertiary alicyclic amines) is 1. The Labute approximate surface area is 126 Å². The fourth-order valence-corrected chi connectivity index (χ4v) is 4.37. The Morgan fingerprint density at radius 3 is 2.90 bits per heavy atom. The minimum absolute atomic E-state index is 0.112. The Morgan fingerprint density at radius 2 is 2.29 bits per heavy atom. The molecule has 0 aromatic carbocycles. The van der Waals surface area contributed by atoms with E-state index < -0.39 is 15.9 Å². The number of rotatable bonds is 7. The summed E-state index contributed by atoms with van der Waals surface area (Å²) in [4.78, 5) is 2.31. The molecule has 21 heavy (non-hydrogen) atoms. The maximum atomic E-state index is 11.4. The van der Waals surface area contributed by atoms with Gasteiger partial charge < -0.3 is 9.52 Å². The molecule has 2 heterocycles. The molecule has 1 aliphatic heterocycles. The third kappa shape index (κ3) is 5.13. The zero-order chi connectivity index (χ0) is 15.5. The van der Waals surface area contributed by atoms with Gasteiger partial charge in [0.1, 0.15) is 21.7 Å². The molecule has 1 aromatic heterocycles. The Kier molecular flexibility index (Phi) is 5.46. The molecule has 0 spiro atoms. The summed E-state index contributed by atoms with van der Waals surface area (Å²) in [5.74, 6) is 0.934. The quantitative estimate of drug-likeness (QED) is 0.831. The molecule has 0 bridgehead atoms. The molecule has 1 aliphatic rings. The second-order valence-electron chi connectivity index (χ2n) is 6.26. The third-order valence-electron chi connectivity index (χ3n) is 4.00. The SMILES string of the molecule is CC(CN1CCCC1CC(O)c1ccco1)CS(C)(=O)=O. The largest absolute Gasteiger partial charge is 0.467 e. The van der Waals surface area contributed by atoms with Crippen LogP contribution in [-0.2, 0) is 9.84 Å². The van der Waals surface area contributed by atoms with Crippen LogP contribution in [0.4, 0.5) is 0 Å². The number of aliphatic hydroxyl groups excluding tert-OH is 1. The second kappa shape index (κ2) is 6.94. The van der Waals surface area contributed by atoms with Crippen molar-refractivity contribution < 1.29 is 17.9 Å². The number of hydrogen-bond donors (Lipinski definition) is 1. The third-order valence-corrected chi connectivity index (χ3v) is 5.17. The fraction of sp³-hybridized carbons (Fsp3) is 0.733. The molecule has 1 fully saturated rings. The van der Waals surface area contributed by atoms with Crippen LogP contribution in [0.2, 0.25) is 0 Å². The van der Waals surface area contributed by atoms with Gasteiger partial charge in [-0.15, -0.1) is 0 Å². The van der Waals surface area contributed by atoms with Gasteiger partial charge in [0, 0.05) is 18.8 Å². The van der Waals surface area contributed by atoms with Crippen molar-refractivity contribution in [2.75, 3.05) is 25.1 Å². The number of hydrogen-bond acceptors (Lipinski definition) is 5. The first-order valence-electron chi connectivity index (χ1n) is 7.48. The zero-order valence-electron chi connectivity index (χ0n) is 12.7. The molecule has 1 N–H and O–H groups in total. The molecule has 0 radical (unpaired) electrons. The maximum absolute atomic E-state index is 11.4. The van der Waals surface area contributed by atoms with Crippen molar-refractivity contribution in [2.24, 2.45) is 5.92 Å². The summed E-state index contributed by atoms with van der Waals surface area (Å²) in [5, 5.41) is 10.2. The molecule has 1 saturated heterocycles. The summed E-state index contributed by atoms with van der Waals surface area (Å²) in [6.07, 6.45) is 5.05. The van der Waals surface area contributed by atoms with Gasteiger partial charge in [0.2, 0.25) is 0 Å².